The fourth-order valence-corrected chi connectivity index (χ4v) is 1.66. The summed E-state index contributed by atoms with van der Waals surface area (Å²) < 4.78 is 38.0. The third kappa shape index (κ3) is 2.26. The third-order valence-electron chi connectivity index (χ3n) is 2.41. The van der Waals surface area contributed by atoms with Crippen molar-refractivity contribution in [3.8, 4) is 6.07 Å². The first-order valence-electron chi connectivity index (χ1n) is 4.66. The summed E-state index contributed by atoms with van der Waals surface area (Å²) in [4.78, 5) is 8.28. The molecule has 1 aromatic heterocycles. The Labute approximate surface area is 99.6 Å². The molecule has 1 aromatic rings. The van der Waals surface area contributed by atoms with Crippen LogP contribution in [-0.4, -0.2) is 23.1 Å². The Kier molecular flexibility index (Phi) is 2.83. The number of anilines is 1. The van der Waals surface area contributed by atoms with Crippen molar-refractivity contribution >= 4 is 17.4 Å². The van der Waals surface area contributed by atoms with Crippen LogP contribution in [0.25, 0.3) is 0 Å². The number of hydrogen-bond acceptors (Lipinski definition) is 4. The topological polar surface area (TPSA) is 52.8 Å². The third-order valence-corrected chi connectivity index (χ3v) is 2.59. The molecule has 1 saturated heterocycles. The van der Waals surface area contributed by atoms with E-state index in [-0.39, 0.29) is 30.1 Å². The molecule has 0 atom stereocenters. The molecule has 0 aliphatic carbocycles. The average Bonchev–Trinajstić information content (AvgIpc) is 2.14. The van der Waals surface area contributed by atoms with E-state index in [9.17, 15) is 13.2 Å². The highest BCUT2D eigenvalue weighted by atomic mass is 35.5. The monoisotopic (exact) mass is 262 g/mol. The number of nitriles is 1. The molecule has 17 heavy (non-hydrogen) atoms. The molecule has 90 valence electrons. The average molecular weight is 263 g/mol. The molecule has 4 nitrogen and oxygen atoms in total. The van der Waals surface area contributed by atoms with Gasteiger partial charge in [0.2, 0.25) is 5.28 Å². The molecule has 0 N–H and O–H groups in total. The van der Waals surface area contributed by atoms with Crippen molar-refractivity contribution in [2.75, 3.05) is 18.0 Å². The molecule has 0 spiro atoms. The molecule has 2 rings (SSSR count). The van der Waals surface area contributed by atoms with E-state index in [0.717, 1.165) is 0 Å². The largest absolute Gasteiger partial charge is 0.421 e. The second-order valence-electron chi connectivity index (χ2n) is 3.61. The van der Waals surface area contributed by atoms with Crippen LogP contribution in [-0.2, 0) is 6.18 Å². The zero-order chi connectivity index (χ0) is 12.6. The van der Waals surface area contributed by atoms with Gasteiger partial charge in [-0.15, -0.1) is 0 Å². The number of halogens is 4. The molecule has 0 amide bonds. The van der Waals surface area contributed by atoms with Crippen molar-refractivity contribution < 1.29 is 13.2 Å². The quantitative estimate of drug-likeness (QED) is 0.728. The normalized spacial score (nSPS) is 16.5. The molecular formula is C9H6ClF3N4. The van der Waals surface area contributed by atoms with E-state index in [1.54, 1.807) is 0 Å². The van der Waals surface area contributed by atoms with Crippen LogP contribution in [0.2, 0.25) is 5.28 Å². The van der Waals surface area contributed by atoms with Crippen molar-refractivity contribution in [2.24, 2.45) is 5.92 Å². The lowest BCUT2D eigenvalue weighted by molar-refractivity contribution is -0.137. The SMILES string of the molecule is N#CC1CN(c2nc(Cl)ncc2C(F)(F)F)C1. The molecule has 0 bridgehead atoms. The van der Waals surface area contributed by atoms with E-state index in [2.05, 4.69) is 9.97 Å². The minimum Gasteiger partial charge on any atom is -0.353 e. The molecule has 0 unspecified atom stereocenters. The van der Waals surface area contributed by atoms with Crippen molar-refractivity contribution in [2.45, 2.75) is 6.18 Å². The van der Waals surface area contributed by atoms with Crippen molar-refractivity contribution in [1.82, 2.24) is 9.97 Å². The van der Waals surface area contributed by atoms with Gasteiger partial charge in [-0.3, -0.25) is 0 Å². The van der Waals surface area contributed by atoms with Gasteiger partial charge in [0.05, 0.1) is 12.0 Å². The number of aromatic nitrogens is 2. The van der Waals surface area contributed by atoms with Crippen LogP contribution >= 0.6 is 11.6 Å². The van der Waals surface area contributed by atoms with E-state index in [4.69, 9.17) is 16.9 Å². The maximum atomic E-state index is 12.7. The summed E-state index contributed by atoms with van der Waals surface area (Å²) in [6, 6.07) is 1.97. The van der Waals surface area contributed by atoms with E-state index in [1.165, 1.54) is 4.90 Å². The Bertz CT molecular complexity index is 476. The molecule has 2 heterocycles. The molecule has 8 heteroatoms. The predicted octanol–water partition coefficient (Wildman–Crippen LogP) is 2.11. The van der Waals surface area contributed by atoms with Crippen LogP contribution < -0.4 is 4.90 Å². The first-order chi connectivity index (χ1) is 7.91. The van der Waals surface area contributed by atoms with Crippen molar-refractivity contribution in [3.05, 3.63) is 17.0 Å². The second kappa shape index (κ2) is 4.04. The van der Waals surface area contributed by atoms with E-state index < -0.39 is 11.7 Å². The number of nitrogens with zero attached hydrogens (tertiary/aromatic N) is 4. The standard InChI is InChI=1S/C9H6ClF3N4/c10-8-15-2-6(9(11,12)13)7(16-8)17-3-5(1-14)4-17/h2,5H,3-4H2. The summed E-state index contributed by atoms with van der Waals surface area (Å²) in [6.45, 7) is 0.458. The highest BCUT2D eigenvalue weighted by Gasteiger charge is 2.39. The fourth-order valence-electron chi connectivity index (χ4n) is 1.53. The lowest BCUT2D eigenvalue weighted by Crippen LogP contribution is -2.47. The summed E-state index contributed by atoms with van der Waals surface area (Å²) in [7, 11) is 0. The van der Waals surface area contributed by atoms with E-state index in [0.29, 0.717) is 6.20 Å². The maximum absolute atomic E-state index is 12.7. The van der Waals surface area contributed by atoms with Gasteiger partial charge in [-0.25, -0.2) is 4.98 Å². The summed E-state index contributed by atoms with van der Waals surface area (Å²) in [5.41, 5.74) is -0.932. The first kappa shape index (κ1) is 11.9. The number of hydrogen-bond donors (Lipinski definition) is 0. The molecule has 1 aliphatic rings. The first-order valence-corrected chi connectivity index (χ1v) is 5.04. The van der Waals surface area contributed by atoms with E-state index >= 15 is 0 Å². The van der Waals surface area contributed by atoms with Gasteiger partial charge in [0, 0.05) is 19.3 Å². The van der Waals surface area contributed by atoms with Crippen LogP contribution in [0.1, 0.15) is 5.56 Å². The molecule has 0 radical (unpaired) electrons. The Morgan fingerprint density at radius 2 is 2.12 bits per heavy atom. The fraction of sp³-hybridized carbons (Fsp3) is 0.444. The highest BCUT2D eigenvalue weighted by molar-refractivity contribution is 6.28. The highest BCUT2D eigenvalue weighted by Crippen LogP contribution is 2.37. The van der Waals surface area contributed by atoms with Crippen LogP contribution in [0.15, 0.2) is 6.20 Å². The van der Waals surface area contributed by atoms with Gasteiger partial charge < -0.3 is 4.90 Å². The minimum atomic E-state index is -4.53. The van der Waals surface area contributed by atoms with Crippen LogP contribution in [0.3, 0.4) is 0 Å². The maximum Gasteiger partial charge on any atom is 0.421 e. The van der Waals surface area contributed by atoms with Gasteiger partial charge in [0.1, 0.15) is 11.4 Å². The van der Waals surface area contributed by atoms with Gasteiger partial charge in [0.15, 0.2) is 0 Å². The smallest absolute Gasteiger partial charge is 0.353 e. The minimum absolute atomic E-state index is 0.229. The van der Waals surface area contributed by atoms with Crippen molar-refractivity contribution in [1.29, 1.82) is 5.26 Å². The second-order valence-corrected chi connectivity index (χ2v) is 3.94. The Hall–Kier alpha value is -1.55. The number of alkyl halides is 3. The molecule has 1 aliphatic heterocycles. The lowest BCUT2D eigenvalue weighted by atomic mass is 10.0. The summed E-state index contributed by atoms with van der Waals surface area (Å²) in [6.07, 6.45) is -3.87. The molecule has 0 aromatic carbocycles. The van der Waals surface area contributed by atoms with Gasteiger partial charge in [-0.1, -0.05) is 0 Å². The predicted molar refractivity (Wildman–Crippen MR) is 53.4 cm³/mol. The van der Waals surface area contributed by atoms with Crippen LogP contribution in [0.4, 0.5) is 19.0 Å². The Balaban J connectivity index is 2.33. The summed E-state index contributed by atoms with van der Waals surface area (Å²) >= 11 is 5.48. The van der Waals surface area contributed by atoms with Gasteiger partial charge >= 0.3 is 6.18 Å². The zero-order valence-corrected chi connectivity index (χ0v) is 9.13. The van der Waals surface area contributed by atoms with Crippen LogP contribution in [0, 0.1) is 17.2 Å². The summed E-state index contributed by atoms with van der Waals surface area (Å²) in [5.74, 6) is -0.520. The Morgan fingerprint density at radius 1 is 1.47 bits per heavy atom. The number of rotatable bonds is 1. The Morgan fingerprint density at radius 3 is 2.65 bits per heavy atom. The molecular weight excluding hydrogens is 257 g/mol. The lowest BCUT2D eigenvalue weighted by Gasteiger charge is -2.37. The zero-order valence-electron chi connectivity index (χ0n) is 8.37. The van der Waals surface area contributed by atoms with Crippen LogP contribution in [0.5, 0.6) is 0 Å². The van der Waals surface area contributed by atoms with Gasteiger partial charge in [0.25, 0.3) is 0 Å². The summed E-state index contributed by atoms with van der Waals surface area (Å²) in [5, 5.41) is 8.33. The van der Waals surface area contributed by atoms with Gasteiger partial charge in [-0.05, 0) is 11.6 Å². The molecule has 1 fully saturated rings. The van der Waals surface area contributed by atoms with Gasteiger partial charge in [-0.2, -0.15) is 23.4 Å². The van der Waals surface area contributed by atoms with Crippen molar-refractivity contribution in [3.63, 3.8) is 0 Å². The molecule has 0 saturated carbocycles. The van der Waals surface area contributed by atoms with E-state index in [1.807, 2.05) is 6.07 Å².